The standard InChI is InChI=1S/C27H25N3O5/c31-24(30-16-27(10-11-27)25(32)33)17-9-12-28-18(13-17)14-29-26(34)35-15-23-21-7-3-1-5-19(21)20-6-2-4-8-22(20)23/h1-9,12-13,23H,10-11,14-16H2,(H,29,34)(H,30,31)(H,32,33). The van der Waals surface area contributed by atoms with E-state index in [-0.39, 0.29) is 31.5 Å². The van der Waals surface area contributed by atoms with E-state index in [0.29, 0.717) is 24.1 Å². The average molecular weight is 472 g/mol. The second kappa shape index (κ2) is 9.21. The van der Waals surface area contributed by atoms with Gasteiger partial charge in [-0.2, -0.15) is 0 Å². The minimum absolute atomic E-state index is 0.0288. The molecular formula is C27H25N3O5. The molecule has 2 aromatic carbocycles. The number of ether oxygens (including phenoxy) is 1. The van der Waals surface area contributed by atoms with E-state index in [1.54, 1.807) is 12.1 Å². The highest BCUT2D eigenvalue weighted by Crippen LogP contribution is 2.45. The van der Waals surface area contributed by atoms with E-state index in [0.717, 1.165) is 22.3 Å². The molecule has 0 unspecified atom stereocenters. The van der Waals surface area contributed by atoms with Gasteiger partial charge < -0.3 is 20.5 Å². The zero-order valence-electron chi connectivity index (χ0n) is 19.0. The number of nitrogens with zero attached hydrogens (tertiary/aromatic N) is 1. The van der Waals surface area contributed by atoms with Gasteiger partial charge in [0.05, 0.1) is 17.7 Å². The number of pyridine rings is 1. The molecule has 2 aliphatic rings. The number of carboxylic acids is 1. The maximum Gasteiger partial charge on any atom is 0.407 e. The van der Waals surface area contributed by atoms with Crippen LogP contribution in [0.4, 0.5) is 4.79 Å². The van der Waals surface area contributed by atoms with Gasteiger partial charge in [-0.3, -0.25) is 14.6 Å². The maximum atomic E-state index is 12.4. The predicted octanol–water partition coefficient (Wildman–Crippen LogP) is 3.71. The number of carboxylic acid groups (broad SMARTS) is 1. The summed E-state index contributed by atoms with van der Waals surface area (Å²) in [4.78, 5) is 40.3. The molecule has 3 aromatic rings. The highest BCUT2D eigenvalue weighted by atomic mass is 16.5. The van der Waals surface area contributed by atoms with Gasteiger partial charge in [0.25, 0.3) is 5.91 Å². The van der Waals surface area contributed by atoms with Crippen LogP contribution in [-0.4, -0.2) is 41.2 Å². The van der Waals surface area contributed by atoms with E-state index < -0.39 is 17.5 Å². The Labute approximate surface area is 202 Å². The third-order valence-electron chi connectivity index (χ3n) is 6.73. The summed E-state index contributed by atoms with van der Waals surface area (Å²) in [5, 5.41) is 14.6. The Morgan fingerprint density at radius 3 is 2.26 bits per heavy atom. The van der Waals surface area contributed by atoms with Crippen LogP contribution in [0.3, 0.4) is 0 Å². The molecule has 178 valence electrons. The molecule has 0 atom stereocenters. The van der Waals surface area contributed by atoms with Crippen molar-refractivity contribution < 1.29 is 24.2 Å². The summed E-state index contributed by atoms with van der Waals surface area (Å²) in [7, 11) is 0. The van der Waals surface area contributed by atoms with E-state index in [1.165, 1.54) is 6.20 Å². The van der Waals surface area contributed by atoms with Crippen LogP contribution < -0.4 is 10.6 Å². The Morgan fingerprint density at radius 1 is 0.971 bits per heavy atom. The molecule has 2 aliphatic carbocycles. The van der Waals surface area contributed by atoms with Crippen molar-refractivity contribution in [2.24, 2.45) is 5.41 Å². The fraction of sp³-hybridized carbons (Fsp3) is 0.259. The van der Waals surface area contributed by atoms with Gasteiger partial charge in [-0.1, -0.05) is 48.5 Å². The van der Waals surface area contributed by atoms with E-state index in [9.17, 15) is 19.5 Å². The molecular weight excluding hydrogens is 446 g/mol. The van der Waals surface area contributed by atoms with Gasteiger partial charge in [0.15, 0.2) is 0 Å². The number of carbonyl (C=O) groups is 3. The molecule has 8 nitrogen and oxygen atoms in total. The largest absolute Gasteiger partial charge is 0.481 e. The number of amides is 2. The third-order valence-corrected chi connectivity index (χ3v) is 6.73. The lowest BCUT2D eigenvalue weighted by atomic mass is 9.98. The predicted molar refractivity (Wildman–Crippen MR) is 128 cm³/mol. The number of nitrogens with one attached hydrogen (secondary N) is 2. The highest BCUT2D eigenvalue weighted by molar-refractivity contribution is 5.94. The minimum atomic E-state index is -0.888. The molecule has 1 heterocycles. The van der Waals surface area contributed by atoms with Crippen molar-refractivity contribution in [2.75, 3.05) is 13.2 Å². The first-order chi connectivity index (χ1) is 17.0. The number of hydrogen-bond donors (Lipinski definition) is 3. The number of carbonyl (C=O) groups excluding carboxylic acids is 2. The van der Waals surface area contributed by atoms with Crippen LogP contribution in [0.5, 0.6) is 0 Å². The number of rotatable bonds is 8. The number of hydrogen-bond acceptors (Lipinski definition) is 5. The molecule has 0 saturated heterocycles. The summed E-state index contributed by atoms with van der Waals surface area (Å²) in [5.74, 6) is -1.29. The summed E-state index contributed by atoms with van der Waals surface area (Å²) < 4.78 is 5.53. The number of benzene rings is 2. The van der Waals surface area contributed by atoms with Gasteiger partial charge in [0.2, 0.25) is 0 Å². The second-order valence-electron chi connectivity index (χ2n) is 8.98. The van der Waals surface area contributed by atoms with Crippen LogP contribution in [0.2, 0.25) is 0 Å². The van der Waals surface area contributed by atoms with Crippen LogP contribution in [-0.2, 0) is 16.1 Å². The summed E-state index contributed by atoms with van der Waals surface area (Å²) in [6.07, 6.45) is 2.04. The SMILES string of the molecule is O=C(NCc1cc(C(=O)NCC2(C(=O)O)CC2)ccn1)OCC1c2ccccc2-c2ccccc21. The first kappa shape index (κ1) is 22.6. The monoisotopic (exact) mass is 471 g/mol. The molecule has 0 radical (unpaired) electrons. The summed E-state index contributed by atoms with van der Waals surface area (Å²) in [5.41, 5.74) is 4.60. The molecule has 2 amide bonds. The first-order valence-electron chi connectivity index (χ1n) is 11.5. The van der Waals surface area contributed by atoms with Crippen molar-refractivity contribution in [3.63, 3.8) is 0 Å². The van der Waals surface area contributed by atoms with Crippen molar-refractivity contribution in [3.05, 3.63) is 89.2 Å². The average Bonchev–Trinajstić information content (AvgIpc) is 3.62. The number of aliphatic carboxylic acids is 1. The molecule has 0 spiro atoms. The molecule has 1 aromatic heterocycles. The number of alkyl carbamates (subject to hydrolysis) is 1. The van der Waals surface area contributed by atoms with Crippen LogP contribution in [0, 0.1) is 5.41 Å². The van der Waals surface area contributed by atoms with Gasteiger partial charge in [-0.15, -0.1) is 0 Å². The van der Waals surface area contributed by atoms with Crippen molar-refractivity contribution in [3.8, 4) is 11.1 Å². The van der Waals surface area contributed by atoms with Crippen LogP contribution in [0.25, 0.3) is 11.1 Å². The summed E-state index contributed by atoms with van der Waals surface area (Å²) in [6.45, 7) is 0.398. The van der Waals surface area contributed by atoms with Crippen LogP contribution >= 0.6 is 0 Å². The van der Waals surface area contributed by atoms with Crippen molar-refractivity contribution in [2.45, 2.75) is 25.3 Å². The summed E-state index contributed by atoms with van der Waals surface area (Å²) >= 11 is 0. The Hall–Kier alpha value is -4.20. The van der Waals surface area contributed by atoms with E-state index in [2.05, 4.69) is 39.9 Å². The van der Waals surface area contributed by atoms with Gasteiger partial charge in [-0.05, 0) is 47.2 Å². The molecule has 1 saturated carbocycles. The highest BCUT2D eigenvalue weighted by Gasteiger charge is 2.50. The second-order valence-corrected chi connectivity index (χ2v) is 8.98. The van der Waals surface area contributed by atoms with E-state index >= 15 is 0 Å². The smallest absolute Gasteiger partial charge is 0.407 e. The first-order valence-corrected chi connectivity index (χ1v) is 11.5. The van der Waals surface area contributed by atoms with Gasteiger partial charge in [-0.25, -0.2) is 4.79 Å². The number of aromatic nitrogens is 1. The zero-order chi connectivity index (χ0) is 24.4. The lowest BCUT2D eigenvalue weighted by molar-refractivity contribution is -0.143. The molecule has 35 heavy (non-hydrogen) atoms. The maximum absolute atomic E-state index is 12.4. The minimum Gasteiger partial charge on any atom is -0.481 e. The van der Waals surface area contributed by atoms with Crippen molar-refractivity contribution in [1.29, 1.82) is 0 Å². The Bertz CT molecular complexity index is 1260. The Morgan fingerprint density at radius 2 is 1.63 bits per heavy atom. The molecule has 0 aliphatic heterocycles. The normalized spacial score (nSPS) is 15.0. The lowest BCUT2D eigenvalue weighted by Gasteiger charge is -2.14. The van der Waals surface area contributed by atoms with Crippen molar-refractivity contribution in [1.82, 2.24) is 15.6 Å². The van der Waals surface area contributed by atoms with Gasteiger partial charge in [0, 0.05) is 24.2 Å². The zero-order valence-corrected chi connectivity index (χ0v) is 19.0. The molecule has 5 rings (SSSR count). The summed E-state index contributed by atoms with van der Waals surface area (Å²) in [6, 6.07) is 19.4. The topological polar surface area (TPSA) is 118 Å². The fourth-order valence-electron chi connectivity index (χ4n) is 4.50. The fourth-order valence-corrected chi connectivity index (χ4v) is 4.50. The van der Waals surface area contributed by atoms with Crippen LogP contribution in [0.15, 0.2) is 66.9 Å². The molecule has 8 heteroatoms. The molecule has 1 fully saturated rings. The quantitative estimate of drug-likeness (QED) is 0.461. The third kappa shape index (κ3) is 4.59. The van der Waals surface area contributed by atoms with E-state index in [4.69, 9.17) is 4.74 Å². The molecule has 3 N–H and O–H groups in total. The number of fused-ring (bicyclic) bond motifs is 3. The molecule has 0 bridgehead atoms. The van der Waals surface area contributed by atoms with Gasteiger partial charge in [0.1, 0.15) is 6.61 Å². The Balaban J connectivity index is 1.15. The van der Waals surface area contributed by atoms with E-state index in [1.807, 2.05) is 24.3 Å². The Kier molecular flexibility index (Phi) is 5.94. The van der Waals surface area contributed by atoms with Crippen molar-refractivity contribution >= 4 is 18.0 Å². The van der Waals surface area contributed by atoms with Gasteiger partial charge >= 0.3 is 12.1 Å². The van der Waals surface area contributed by atoms with Crippen LogP contribution in [0.1, 0.15) is 45.9 Å². The lowest BCUT2D eigenvalue weighted by Crippen LogP contribution is -2.34.